The first-order valence-corrected chi connectivity index (χ1v) is 11.7. The van der Waals surface area contributed by atoms with Crippen LogP contribution in [0.25, 0.3) is 0 Å². The Hall–Kier alpha value is -3.64. The van der Waals surface area contributed by atoms with E-state index in [4.69, 9.17) is 9.47 Å². The van der Waals surface area contributed by atoms with E-state index in [1.165, 1.54) is 28.8 Å². The van der Waals surface area contributed by atoms with Crippen LogP contribution in [0.5, 0.6) is 5.75 Å². The minimum atomic E-state index is -1.15. The number of likely N-dealkylation sites (N-methyl/N-ethyl adjacent to an activating group) is 1. The van der Waals surface area contributed by atoms with Gasteiger partial charge < -0.3 is 19.5 Å². The Morgan fingerprint density at radius 1 is 0.829 bits per heavy atom. The van der Waals surface area contributed by atoms with E-state index in [1.807, 2.05) is 43.3 Å². The molecule has 0 spiro atoms. The second-order valence-electron chi connectivity index (χ2n) is 8.80. The molecule has 0 radical (unpaired) electrons. The molecule has 3 rings (SSSR count). The van der Waals surface area contributed by atoms with Gasteiger partial charge in [0.1, 0.15) is 11.9 Å². The third kappa shape index (κ3) is 7.69. The summed E-state index contributed by atoms with van der Waals surface area (Å²) >= 11 is 0. The molecular formula is C29H33NO5. The Balaban J connectivity index is 1.67. The second kappa shape index (κ2) is 12.7. The number of methoxy groups -OCH3 is 1. The highest BCUT2D eigenvalue weighted by Gasteiger charge is 2.22. The second-order valence-corrected chi connectivity index (χ2v) is 8.80. The van der Waals surface area contributed by atoms with Crippen molar-refractivity contribution >= 4 is 11.9 Å². The van der Waals surface area contributed by atoms with Gasteiger partial charge in [-0.3, -0.25) is 0 Å². The molecule has 0 aliphatic heterocycles. The molecule has 1 N–H and O–H groups in total. The van der Waals surface area contributed by atoms with Crippen LogP contribution in [-0.4, -0.2) is 55.8 Å². The number of rotatable bonds is 12. The zero-order valence-electron chi connectivity index (χ0n) is 20.6. The molecule has 0 aliphatic rings. The van der Waals surface area contributed by atoms with Crippen molar-refractivity contribution in [2.45, 2.75) is 31.8 Å². The first-order chi connectivity index (χ1) is 16.9. The van der Waals surface area contributed by atoms with Crippen LogP contribution in [0.15, 0.2) is 72.8 Å². The molecule has 0 unspecified atom stereocenters. The molecule has 6 heteroatoms. The van der Waals surface area contributed by atoms with Gasteiger partial charge in [0.2, 0.25) is 0 Å². The normalized spacial score (nSPS) is 11.8. The lowest BCUT2D eigenvalue weighted by Gasteiger charge is -2.22. The van der Waals surface area contributed by atoms with E-state index in [1.54, 1.807) is 19.2 Å². The number of hydrogen-bond acceptors (Lipinski definition) is 5. The molecule has 0 aliphatic carbocycles. The molecule has 0 saturated carbocycles. The van der Waals surface area contributed by atoms with Crippen molar-refractivity contribution in [1.29, 1.82) is 0 Å². The number of ether oxygens (including phenoxy) is 2. The summed E-state index contributed by atoms with van der Waals surface area (Å²) in [6, 6.07) is 22.6. The first kappa shape index (κ1) is 26.0. The topological polar surface area (TPSA) is 76.1 Å². The Labute approximate surface area is 207 Å². The van der Waals surface area contributed by atoms with Gasteiger partial charge in [-0.2, -0.15) is 0 Å². The van der Waals surface area contributed by atoms with Crippen LogP contribution in [0.2, 0.25) is 0 Å². The molecule has 184 valence electrons. The van der Waals surface area contributed by atoms with E-state index < -0.39 is 11.9 Å². The van der Waals surface area contributed by atoms with Crippen LogP contribution in [0.1, 0.15) is 43.8 Å². The van der Waals surface area contributed by atoms with Gasteiger partial charge in [0.25, 0.3) is 0 Å². The van der Waals surface area contributed by atoms with Crippen LogP contribution in [0.4, 0.5) is 0 Å². The molecule has 0 aromatic heterocycles. The number of esters is 1. The Morgan fingerprint density at radius 3 is 2.03 bits per heavy atom. The molecular weight excluding hydrogens is 442 g/mol. The van der Waals surface area contributed by atoms with E-state index in [0.717, 1.165) is 25.0 Å². The number of carboxylic acid groups (broad SMARTS) is 1. The average molecular weight is 476 g/mol. The highest BCUT2D eigenvalue weighted by atomic mass is 16.5. The van der Waals surface area contributed by atoms with Crippen molar-refractivity contribution in [3.05, 3.63) is 101 Å². The fourth-order valence-electron chi connectivity index (χ4n) is 4.09. The number of carbonyl (C=O) groups excluding carboxylic acids is 1. The average Bonchev–Trinajstić information content (AvgIpc) is 2.86. The van der Waals surface area contributed by atoms with Crippen molar-refractivity contribution in [2.24, 2.45) is 0 Å². The summed E-state index contributed by atoms with van der Waals surface area (Å²) in [7, 11) is 5.51. The molecule has 1 atom stereocenters. The fourth-order valence-corrected chi connectivity index (χ4v) is 4.09. The Bertz CT molecular complexity index is 1120. The van der Waals surface area contributed by atoms with Crippen LogP contribution < -0.4 is 4.74 Å². The summed E-state index contributed by atoms with van der Waals surface area (Å²) in [6.45, 7) is 0.551. The number of nitrogens with zero attached hydrogens (tertiary/aromatic N) is 1. The number of benzene rings is 3. The third-order valence-corrected chi connectivity index (χ3v) is 5.92. The molecule has 3 aromatic carbocycles. The Morgan fingerprint density at radius 2 is 1.43 bits per heavy atom. The largest absolute Gasteiger partial charge is 0.497 e. The lowest BCUT2D eigenvalue weighted by atomic mass is 9.96. The van der Waals surface area contributed by atoms with Gasteiger partial charge in [-0.1, -0.05) is 48.5 Å². The summed E-state index contributed by atoms with van der Waals surface area (Å²) in [5.74, 6) is -0.906. The molecule has 6 nitrogen and oxygen atoms in total. The van der Waals surface area contributed by atoms with E-state index in [2.05, 4.69) is 24.3 Å². The predicted molar refractivity (Wildman–Crippen MR) is 136 cm³/mol. The minimum Gasteiger partial charge on any atom is -0.497 e. The smallest absolute Gasteiger partial charge is 0.339 e. The van der Waals surface area contributed by atoms with Gasteiger partial charge in [-0.25, -0.2) is 9.59 Å². The van der Waals surface area contributed by atoms with Crippen LogP contribution in [-0.2, 0) is 24.0 Å². The molecule has 0 amide bonds. The number of carbonyl (C=O) groups is 2. The van der Waals surface area contributed by atoms with Crippen molar-refractivity contribution < 1.29 is 24.2 Å². The molecule has 35 heavy (non-hydrogen) atoms. The number of carboxylic acids is 1. The molecule has 0 saturated heterocycles. The zero-order valence-corrected chi connectivity index (χ0v) is 20.6. The maximum absolute atomic E-state index is 12.8. The van der Waals surface area contributed by atoms with E-state index >= 15 is 0 Å². The summed E-state index contributed by atoms with van der Waals surface area (Å²) in [5, 5.41) is 9.41. The van der Waals surface area contributed by atoms with Gasteiger partial charge in [-0.05, 0) is 80.7 Å². The van der Waals surface area contributed by atoms with Crippen molar-refractivity contribution in [1.82, 2.24) is 4.90 Å². The fraction of sp³-hybridized carbons (Fsp3) is 0.310. The SMILES string of the molecule is COc1ccc(CCc2ccccc2CC[C@H](CN(C)C)OC(=O)c2ccccc2C(=O)O)cc1. The van der Waals surface area contributed by atoms with Gasteiger partial charge in [0.05, 0.1) is 18.2 Å². The molecule has 0 bridgehead atoms. The zero-order chi connectivity index (χ0) is 25.2. The van der Waals surface area contributed by atoms with Crippen molar-refractivity contribution in [3.8, 4) is 5.75 Å². The number of aromatic carboxylic acids is 1. The van der Waals surface area contributed by atoms with Crippen LogP contribution in [0.3, 0.4) is 0 Å². The number of aryl methyl sites for hydroxylation is 3. The first-order valence-electron chi connectivity index (χ1n) is 11.7. The lowest BCUT2D eigenvalue weighted by molar-refractivity contribution is 0.0216. The minimum absolute atomic E-state index is 0.0509. The van der Waals surface area contributed by atoms with Crippen LogP contribution >= 0.6 is 0 Å². The van der Waals surface area contributed by atoms with Crippen molar-refractivity contribution in [3.63, 3.8) is 0 Å². The third-order valence-electron chi connectivity index (χ3n) is 5.92. The van der Waals surface area contributed by atoms with Gasteiger partial charge in [-0.15, -0.1) is 0 Å². The van der Waals surface area contributed by atoms with E-state index in [0.29, 0.717) is 13.0 Å². The molecule has 0 fully saturated rings. The highest BCUT2D eigenvalue weighted by Crippen LogP contribution is 2.19. The summed E-state index contributed by atoms with van der Waals surface area (Å²) in [6.07, 6.45) is 2.86. The highest BCUT2D eigenvalue weighted by molar-refractivity contribution is 6.02. The summed E-state index contributed by atoms with van der Waals surface area (Å²) < 4.78 is 11.0. The predicted octanol–water partition coefficient (Wildman–Crippen LogP) is 4.90. The summed E-state index contributed by atoms with van der Waals surface area (Å²) in [4.78, 5) is 26.3. The van der Waals surface area contributed by atoms with Gasteiger partial charge in [0, 0.05) is 6.54 Å². The summed E-state index contributed by atoms with van der Waals surface area (Å²) in [5.41, 5.74) is 3.77. The van der Waals surface area contributed by atoms with Crippen molar-refractivity contribution in [2.75, 3.05) is 27.7 Å². The van der Waals surface area contributed by atoms with Gasteiger partial charge >= 0.3 is 11.9 Å². The van der Waals surface area contributed by atoms with E-state index in [-0.39, 0.29) is 17.2 Å². The van der Waals surface area contributed by atoms with Crippen LogP contribution in [0, 0.1) is 0 Å². The quantitative estimate of drug-likeness (QED) is 0.376. The maximum Gasteiger partial charge on any atom is 0.339 e. The monoisotopic (exact) mass is 475 g/mol. The molecule has 3 aromatic rings. The van der Waals surface area contributed by atoms with Gasteiger partial charge in [0.15, 0.2) is 0 Å². The Kier molecular flexibility index (Phi) is 9.44. The standard InChI is InChI=1S/C29H33NO5/c1-30(2)20-25(35-29(33)27-11-7-6-10-26(27)28(31)32)19-16-23-9-5-4-8-22(23)15-12-21-13-17-24(34-3)18-14-21/h4-11,13-14,17-18,25H,12,15-16,19-20H2,1-3H3,(H,31,32)/t25-/m1/s1. The lowest BCUT2D eigenvalue weighted by Crippen LogP contribution is -2.31. The molecule has 0 heterocycles. The maximum atomic E-state index is 12.8. The number of hydrogen-bond donors (Lipinski definition) is 1. The van der Waals surface area contributed by atoms with E-state index in [9.17, 15) is 14.7 Å².